The molecule has 2 aliphatic heterocycles. The Balaban J connectivity index is 1.49. The molecule has 1 saturated carbocycles. The predicted molar refractivity (Wildman–Crippen MR) is 68.2 cm³/mol. The van der Waals surface area contributed by atoms with Crippen LogP contribution in [0.3, 0.4) is 0 Å². The van der Waals surface area contributed by atoms with Gasteiger partial charge in [-0.25, -0.2) is 0 Å². The number of hydrogen-bond acceptors (Lipinski definition) is 4. The Labute approximate surface area is 108 Å². The van der Waals surface area contributed by atoms with E-state index < -0.39 is 0 Å². The summed E-state index contributed by atoms with van der Waals surface area (Å²) < 4.78 is 0. The minimum Gasteiger partial charge on any atom is -0.392 e. The fourth-order valence-corrected chi connectivity index (χ4v) is 3.29. The lowest BCUT2D eigenvalue weighted by Crippen LogP contribution is -2.46. The highest BCUT2D eigenvalue weighted by Crippen LogP contribution is 2.33. The molecule has 4 atom stereocenters. The zero-order chi connectivity index (χ0) is 12.7. The van der Waals surface area contributed by atoms with Crippen LogP contribution >= 0.6 is 0 Å². The Kier molecular flexibility index (Phi) is 3.30. The Morgan fingerprint density at radius 2 is 2.17 bits per heavy atom. The minimum atomic E-state index is -0.369. The third-order valence-corrected chi connectivity index (χ3v) is 4.41. The Hall–Kier alpha value is -0.650. The molecule has 0 aromatic rings. The second-order valence-electron chi connectivity index (χ2n) is 6.07. The third-order valence-electron chi connectivity index (χ3n) is 4.41. The van der Waals surface area contributed by atoms with E-state index in [1.165, 1.54) is 12.8 Å². The molecule has 0 radical (unpaired) electrons. The summed E-state index contributed by atoms with van der Waals surface area (Å²) in [6.45, 7) is 3.78. The first kappa shape index (κ1) is 12.4. The molecule has 0 spiro atoms. The number of nitrogens with one attached hydrogen (secondary N) is 2. The normalized spacial score (nSPS) is 41.2. The summed E-state index contributed by atoms with van der Waals surface area (Å²) in [6, 6.07) is 1.44. The molecule has 0 unspecified atom stereocenters. The summed E-state index contributed by atoms with van der Waals surface area (Å²) >= 11 is 0. The molecule has 0 aromatic heterocycles. The Bertz CT molecular complexity index is 332. The van der Waals surface area contributed by atoms with Crippen molar-refractivity contribution in [1.82, 2.24) is 15.5 Å². The number of amides is 1. The molecule has 3 N–H and O–H groups in total. The SMILES string of the molecule is C[C@@H]1C[C@H](NC(=O)[C@@H]2C[C@@H](O)CN2)CN1C1CC1. The smallest absolute Gasteiger partial charge is 0.237 e. The highest BCUT2D eigenvalue weighted by Gasteiger charge is 2.40. The molecule has 102 valence electrons. The lowest BCUT2D eigenvalue weighted by molar-refractivity contribution is -0.123. The number of likely N-dealkylation sites (tertiary alicyclic amines) is 1. The standard InChI is InChI=1S/C13H23N3O2/c1-8-4-9(7-16(8)10-2-3-10)15-13(18)12-5-11(17)6-14-12/h8-12,14,17H,2-7H2,1H3,(H,15,18)/t8-,9+,11-,12+/m1/s1. The monoisotopic (exact) mass is 253 g/mol. The van der Waals surface area contributed by atoms with Gasteiger partial charge < -0.3 is 15.7 Å². The van der Waals surface area contributed by atoms with Crippen LogP contribution in [-0.2, 0) is 4.79 Å². The van der Waals surface area contributed by atoms with Crippen molar-refractivity contribution in [3.05, 3.63) is 0 Å². The van der Waals surface area contributed by atoms with Crippen molar-refractivity contribution >= 4 is 5.91 Å². The van der Waals surface area contributed by atoms with Crippen molar-refractivity contribution in [1.29, 1.82) is 0 Å². The maximum Gasteiger partial charge on any atom is 0.237 e. The van der Waals surface area contributed by atoms with Crippen LogP contribution in [0.4, 0.5) is 0 Å². The molecule has 5 nitrogen and oxygen atoms in total. The van der Waals surface area contributed by atoms with E-state index in [2.05, 4.69) is 22.5 Å². The van der Waals surface area contributed by atoms with Gasteiger partial charge in [-0.15, -0.1) is 0 Å². The van der Waals surface area contributed by atoms with Gasteiger partial charge in [0.05, 0.1) is 12.1 Å². The highest BCUT2D eigenvalue weighted by atomic mass is 16.3. The van der Waals surface area contributed by atoms with Crippen LogP contribution in [0.2, 0.25) is 0 Å². The summed E-state index contributed by atoms with van der Waals surface area (Å²) in [7, 11) is 0. The first-order valence-corrected chi connectivity index (χ1v) is 7.11. The number of carbonyl (C=O) groups is 1. The van der Waals surface area contributed by atoms with E-state index in [0.29, 0.717) is 19.0 Å². The van der Waals surface area contributed by atoms with E-state index >= 15 is 0 Å². The fraction of sp³-hybridized carbons (Fsp3) is 0.923. The number of aliphatic hydroxyl groups excluding tert-OH is 1. The summed E-state index contributed by atoms with van der Waals surface area (Å²) in [4.78, 5) is 14.6. The van der Waals surface area contributed by atoms with Crippen molar-refractivity contribution in [2.75, 3.05) is 13.1 Å². The van der Waals surface area contributed by atoms with Crippen molar-refractivity contribution in [3.63, 3.8) is 0 Å². The molecule has 2 saturated heterocycles. The molecular weight excluding hydrogens is 230 g/mol. The van der Waals surface area contributed by atoms with Gasteiger partial charge in [-0.2, -0.15) is 0 Å². The lowest BCUT2D eigenvalue weighted by Gasteiger charge is -2.20. The van der Waals surface area contributed by atoms with E-state index in [4.69, 9.17) is 0 Å². The van der Waals surface area contributed by atoms with Gasteiger partial charge in [0.1, 0.15) is 0 Å². The maximum absolute atomic E-state index is 12.0. The van der Waals surface area contributed by atoms with Gasteiger partial charge in [0.15, 0.2) is 0 Å². The summed E-state index contributed by atoms with van der Waals surface area (Å²) in [6.07, 6.45) is 3.87. The molecule has 1 amide bonds. The van der Waals surface area contributed by atoms with Gasteiger partial charge in [0.25, 0.3) is 0 Å². The van der Waals surface area contributed by atoms with E-state index in [1.807, 2.05) is 0 Å². The van der Waals surface area contributed by atoms with Crippen molar-refractivity contribution in [3.8, 4) is 0 Å². The molecule has 0 bridgehead atoms. The van der Waals surface area contributed by atoms with Gasteiger partial charge in [0.2, 0.25) is 5.91 Å². The van der Waals surface area contributed by atoms with E-state index in [0.717, 1.165) is 19.0 Å². The largest absolute Gasteiger partial charge is 0.392 e. The summed E-state index contributed by atoms with van der Waals surface area (Å²) in [5, 5.41) is 15.6. The van der Waals surface area contributed by atoms with E-state index in [9.17, 15) is 9.90 Å². The first-order valence-electron chi connectivity index (χ1n) is 7.11. The average molecular weight is 253 g/mol. The summed E-state index contributed by atoms with van der Waals surface area (Å²) in [5.41, 5.74) is 0. The van der Waals surface area contributed by atoms with Crippen LogP contribution in [0, 0.1) is 0 Å². The zero-order valence-electron chi connectivity index (χ0n) is 10.9. The van der Waals surface area contributed by atoms with Crippen molar-refractivity contribution in [2.24, 2.45) is 0 Å². The predicted octanol–water partition coefficient (Wildman–Crippen LogP) is -0.549. The quantitative estimate of drug-likeness (QED) is 0.631. The molecular formula is C13H23N3O2. The van der Waals surface area contributed by atoms with Gasteiger partial charge in [-0.1, -0.05) is 0 Å². The zero-order valence-corrected chi connectivity index (χ0v) is 10.9. The van der Waals surface area contributed by atoms with Crippen LogP contribution in [0.15, 0.2) is 0 Å². The second-order valence-corrected chi connectivity index (χ2v) is 6.07. The number of hydrogen-bond donors (Lipinski definition) is 3. The number of rotatable bonds is 3. The molecule has 2 heterocycles. The van der Waals surface area contributed by atoms with Crippen LogP contribution in [0.25, 0.3) is 0 Å². The molecule has 3 fully saturated rings. The van der Waals surface area contributed by atoms with Gasteiger partial charge in [0, 0.05) is 31.2 Å². The minimum absolute atomic E-state index is 0.0568. The fourth-order valence-electron chi connectivity index (χ4n) is 3.29. The van der Waals surface area contributed by atoms with Gasteiger partial charge >= 0.3 is 0 Å². The van der Waals surface area contributed by atoms with Crippen LogP contribution in [-0.4, -0.2) is 59.3 Å². The van der Waals surface area contributed by atoms with E-state index in [1.54, 1.807) is 0 Å². The first-order chi connectivity index (χ1) is 8.63. The number of carbonyl (C=O) groups excluding carboxylic acids is 1. The Morgan fingerprint density at radius 3 is 2.78 bits per heavy atom. The topological polar surface area (TPSA) is 64.6 Å². The van der Waals surface area contributed by atoms with Crippen molar-refractivity contribution in [2.45, 2.75) is 62.9 Å². The lowest BCUT2D eigenvalue weighted by atomic mass is 10.1. The van der Waals surface area contributed by atoms with E-state index in [-0.39, 0.29) is 24.1 Å². The molecule has 3 aliphatic rings. The van der Waals surface area contributed by atoms with Crippen molar-refractivity contribution < 1.29 is 9.90 Å². The Morgan fingerprint density at radius 1 is 1.39 bits per heavy atom. The summed E-state index contributed by atoms with van der Waals surface area (Å²) in [5.74, 6) is 0.0568. The number of aliphatic hydroxyl groups is 1. The van der Waals surface area contributed by atoms with Gasteiger partial charge in [-0.3, -0.25) is 9.69 Å². The van der Waals surface area contributed by atoms with Crippen LogP contribution in [0.1, 0.15) is 32.6 Å². The maximum atomic E-state index is 12.0. The van der Waals surface area contributed by atoms with Gasteiger partial charge in [-0.05, 0) is 32.6 Å². The second kappa shape index (κ2) is 4.79. The average Bonchev–Trinajstić information content (AvgIpc) is 2.97. The third kappa shape index (κ3) is 2.53. The molecule has 5 heteroatoms. The molecule has 3 rings (SSSR count). The van der Waals surface area contributed by atoms with Crippen LogP contribution in [0.5, 0.6) is 0 Å². The number of nitrogens with zero attached hydrogens (tertiary/aromatic N) is 1. The molecule has 1 aliphatic carbocycles. The molecule has 0 aromatic carbocycles. The molecule has 18 heavy (non-hydrogen) atoms. The van der Waals surface area contributed by atoms with Crippen LogP contribution < -0.4 is 10.6 Å². The number of β-amino-alcohol motifs (C(OH)–C–C–N with tert-alkyl or cyclic N) is 1. The highest BCUT2D eigenvalue weighted by molar-refractivity contribution is 5.82.